The van der Waals surface area contributed by atoms with E-state index in [2.05, 4.69) is 4.98 Å². The quantitative estimate of drug-likeness (QED) is 0.862. The summed E-state index contributed by atoms with van der Waals surface area (Å²) in [5, 5.41) is 10.7. The van der Waals surface area contributed by atoms with Crippen molar-refractivity contribution in [2.24, 2.45) is 0 Å². The number of nitrogens with zero attached hydrogens (tertiary/aromatic N) is 1. The van der Waals surface area contributed by atoms with Crippen LogP contribution in [0.5, 0.6) is 5.75 Å². The fourth-order valence-corrected chi connectivity index (χ4v) is 2.82. The van der Waals surface area contributed by atoms with Crippen LogP contribution < -0.4 is 4.74 Å². The maximum Gasteiger partial charge on any atom is 0.137 e. The van der Waals surface area contributed by atoms with Crippen LogP contribution in [0.25, 0.3) is 0 Å². The zero-order valence-corrected chi connectivity index (χ0v) is 10.4. The largest absolute Gasteiger partial charge is 0.484 e. The van der Waals surface area contributed by atoms with Gasteiger partial charge in [0, 0.05) is 23.2 Å². The highest BCUT2D eigenvalue weighted by Crippen LogP contribution is 2.42. The van der Waals surface area contributed by atoms with Crippen LogP contribution in [-0.4, -0.2) is 10.1 Å². The summed E-state index contributed by atoms with van der Waals surface area (Å²) in [6.07, 6.45) is 1.66. The van der Waals surface area contributed by atoms with Crippen molar-refractivity contribution >= 4 is 22.9 Å². The average molecular weight is 268 g/mol. The van der Waals surface area contributed by atoms with Gasteiger partial charge in [-0.05, 0) is 18.2 Å². The summed E-state index contributed by atoms with van der Waals surface area (Å²) < 4.78 is 5.85. The van der Waals surface area contributed by atoms with E-state index in [4.69, 9.17) is 16.3 Å². The Bertz CT molecular complexity index is 529. The monoisotopic (exact) mass is 267 g/mol. The van der Waals surface area contributed by atoms with E-state index in [0.29, 0.717) is 17.2 Å². The Morgan fingerprint density at radius 3 is 3.12 bits per heavy atom. The third-order valence-electron chi connectivity index (χ3n) is 2.81. The molecule has 0 spiro atoms. The van der Waals surface area contributed by atoms with Crippen molar-refractivity contribution in [1.82, 2.24) is 4.98 Å². The lowest BCUT2D eigenvalue weighted by molar-refractivity contribution is 0.0673. The summed E-state index contributed by atoms with van der Waals surface area (Å²) in [4.78, 5) is 5.06. The molecule has 1 aromatic heterocycles. The second-order valence-corrected chi connectivity index (χ2v) is 5.30. The van der Waals surface area contributed by atoms with Crippen LogP contribution in [0.2, 0.25) is 5.02 Å². The highest BCUT2D eigenvalue weighted by atomic mass is 35.5. The van der Waals surface area contributed by atoms with Crippen LogP contribution in [0.3, 0.4) is 0 Å². The molecule has 0 saturated heterocycles. The summed E-state index contributed by atoms with van der Waals surface area (Å²) in [6, 6.07) is 5.32. The van der Waals surface area contributed by atoms with E-state index in [1.807, 2.05) is 0 Å². The highest BCUT2D eigenvalue weighted by molar-refractivity contribution is 7.09. The van der Waals surface area contributed by atoms with Gasteiger partial charge in [-0.1, -0.05) is 11.6 Å². The second-order valence-electron chi connectivity index (χ2n) is 3.94. The van der Waals surface area contributed by atoms with Gasteiger partial charge in [0.1, 0.15) is 11.9 Å². The summed E-state index contributed by atoms with van der Waals surface area (Å²) >= 11 is 7.44. The molecule has 2 aromatic rings. The number of hydrogen-bond donors (Lipinski definition) is 1. The molecule has 3 rings (SSSR count). The minimum absolute atomic E-state index is 0.119. The Hall–Kier alpha value is -1.10. The van der Waals surface area contributed by atoms with Gasteiger partial charge in [-0.3, -0.25) is 4.98 Å². The molecular weight excluding hydrogens is 258 g/mol. The first-order chi connectivity index (χ1) is 8.24. The van der Waals surface area contributed by atoms with Crippen LogP contribution >= 0.6 is 22.9 Å². The molecule has 2 atom stereocenters. The van der Waals surface area contributed by atoms with Crippen LogP contribution in [0.1, 0.15) is 29.1 Å². The maximum absolute atomic E-state index is 10.1. The fourth-order valence-electron chi connectivity index (χ4n) is 1.98. The molecule has 1 aliphatic heterocycles. The van der Waals surface area contributed by atoms with Crippen molar-refractivity contribution in [2.45, 2.75) is 18.6 Å². The molecule has 0 radical (unpaired) electrons. The second kappa shape index (κ2) is 4.29. The van der Waals surface area contributed by atoms with Gasteiger partial charge in [0.15, 0.2) is 0 Å². The lowest BCUT2D eigenvalue weighted by Crippen LogP contribution is -2.18. The molecule has 5 heteroatoms. The number of aromatic nitrogens is 1. The molecular formula is C12H10ClNO2S. The van der Waals surface area contributed by atoms with Gasteiger partial charge >= 0.3 is 0 Å². The number of benzene rings is 1. The third kappa shape index (κ3) is 2.04. The van der Waals surface area contributed by atoms with Gasteiger partial charge < -0.3 is 9.84 Å². The lowest BCUT2D eigenvalue weighted by atomic mass is 9.98. The Morgan fingerprint density at radius 2 is 2.35 bits per heavy atom. The van der Waals surface area contributed by atoms with E-state index < -0.39 is 6.10 Å². The zero-order chi connectivity index (χ0) is 11.8. The van der Waals surface area contributed by atoms with Crippen molar-refractivity contribution in [3.63, 3.8) is 0 Å². The van der Waals surface area contributed by atoms with Crippen LogP contribution in [0.4, 0.5) is 0 Å². The van der Waals surface area contributed by atoms with Crippen molar-refractivity contribution in [3.8, 4) is 5.75 Å². The lowest BCUT2D eigenvalue weighted by Gasteiger charge is -2.28. The van der Waals surface area contributed by atoms with E-state index in [0.717, 1.165) is 10.4 Å². The molecule has 2 heterocycles. The van der Waals surface area contributed by atoms with Crippen molar-refractivity contribution < 1.29 is 9.84 Å². The summed E-state index contributed by atoms with van der Waals surface area (Å²) in [5.41, 5.74) is 2.53. The first-order valence-electron chi connectivity index (χ1n) is 5.26. The van der Waals surface area contributed by atoms with E-state index in [1.165, 1.54) is 11.3 Å². The van der Waals surface area contributed by atoms with Gasteiger partial charge in [0.05, 0.1) is 16.5 Å². The maximum atomic E-state index is 10.1. The molecule has 0 bridgehead atoms. The highest BCUT2D eigenvalue weighted by Gasteiger charge is 2.28. The van der Waals surface area contributed by atoms with Crippen LogP contribution in [0, 0.1) is 0 Å². The Labute approximate surface area is 108 Å². The predicted octanol–water partition coefficient (Wildman–Crippen LogP) is 3.35. The summed E-state index contributed by atoms with van der Waals surface area (Å²) in [6.45, 7) is 0. The number of fused-ring (bicyclic) bond motifs is 1. The molecule has 88 valence electrons. The van der Waals surface area contributed by atoms with Gasteiger partial charge in [0.25, 0.3) is 0 Å². The molecule has 0 fully saturated rings. The van der Waals surface area contributed by atoms with Gasteiger partial charge in [0.2, 0.25) is 0 Å². The van der Waals surface area contributed by atoms with E-state index >= 15 is 0 Å². The smallest absolute Gasteiger partial charge is 0.137 e. The zero-order valence-electron chi connectivity index (χ0n) is 8.84. The Kier molecular flexibility index (Phi) is 2.78. The molecule has 1 aromatic carbocycles. The van der Waals surface area contributed by atoms with Crippen molar-refractivity contribution in [2.75, 3.05) is 0 Å². The predicted molar refractivity (Wildman–Crippen MR) is 66.5 cm³/mol. The SMILES string of the molecule is O[C@@H]1CC(c2cncs2)Oc2ccc(Cl)cc21. The molecule has 0 aliphatic carbocycles. The number of hydrogen-bond acceptors (Lipinski definition) is 4. The van der Waals surface area contributed by atoms with E-state index in [1.54, 1.807) is 29.9 Å². The number of halogens is 1. The molecule has 1 unspecified atom stereocenters. The molecule has 1 aliphatic rings. The van der Waals surface area contributed by atoms with Gasteiger partial charge in [-0.2, -0.15) is 0 Å². The topological polar surface area (TPSA) is 42.4 Å². The minimum atomic E-state index is -0.537. The van der Waals surface area contributed by atoms with E-state index in [-0.39, 0.29) is 6.10 Å². The molecule has 1 N–H and O–H groups in total. The molecule has 17 heavy (non-hydrogen) atoms. The number of aliphatic hydroxyl groups is 1. The van der Waals surface area contributed by atoms with Crippen molar-refractivity contribution in [1.29, 1.82) is 0 Å². The summed E-state index contributed by atoms with van der Waals surface area (Å²) in [7, 11) is 0. The average Bonchev–Trinajstić information content (AvgIpc) is 2.83. The van der Waals surface area contributed by atoms with Gasteiger partial charge in [-0.15, -0.1) is 11.3 Å². The fraction of sp³-hybridized carbons (Fsp3) is 0.250. The van der Waals surface area contributed by atoms with E-state index in [9.17, 15) is 5.11 Å². The third-order valence-corrected chi connectivity index (χ3v) is 3.91. The first-order valence-corrected chi connectivity index (χ1v) is 6.52. The number of aliphatic hydroxyl groups excluding tert-OH is 1. The minimum Gasteiger partial charge on any atom is -0.484 e. The number of ether oxygens (including phenoxy) is 1. The Balaban J connectivity index is 1.96. The normalized spacial score (nSPS) is 22.9. The molecule has 0 saturated carbocycles. The number of rotatable bonds is 1. The standard InChI is InChI=1S/C12H10ClNO2S/c13-7-1-2-10-8(3-7)9(15)4-11(16-10)12-5-14-6-17-12/h1-3,5-6,9,11,15H,4H2/t9-,11?/m1/s1. The van der Waals surface area contributed by atoms with Crippen molar-refractivity contribution in [3.05, 3.63) is 45.4 Å². The Morgan fingerprint density at radius 1 is 1.47 bits per heavy atom. The van der Waals surface area contributed by atoms with Crippen LogP contribution in [0.15, 0.2) is 29.9 Å². The summed E-state index contributed by atoms with van der Waals surface area (Å²) in [5.74, 6) is 0.701. The van der Waals surface area contributed by atoms with Gasteiger partial charge in [-0.25, -0.2) is 0 Å². The molecule has 3 nitrogen and oxygen atoms in total. The first kappa shape index (κ1) is 11.0. The van der Waals surface area contributed by atoms with Crippen LogP contribution in [-0.2, 0) is 0 Å². The number of thiazole rings is 1. The molecule has 0 amide bonds.